The molecule has 132 valence electrons. The van der Waals surface area contributed by atoms with Crippen LogP contribution < -0.4 is 10.1 Å². The second-order valence-electron chi connectivity index (χ2n) is 6.56. The van der Waals surface area contributed by atoms with Gasteiger partial charge in [-0.15, -0.1) is 0 Å². The van der Waals surface area contributed by atoms with Gasteiger partial charge in [-0.3, -0.25) is 9.48 Å². The Kier molecular flexibility index (Phi) is 4.69. The van der Waals surface area contributed by atoms with Crippen molar-refractivity contribution in [1.29, 1.82) is 0 Å². The number of para-hydroxylation sites is 1. The fraction of sp³-hybridized carbons (Fsp3) is 0.238. The van der Waals surface area contributed by atoms with Crippen molar-refractivity contribution in [3.63, 3.8) is 0 Å². The molecule has 1 atom stereocenters. The fourth-order valence-corrected chi connectivity index (χ4v) is 3.17. The summed E-state index contributed by atoms with van der Waals surface area (Å²) in [5.41, 5.74) is 3.36. The SMILES string of the molecule is O=C(NCc1ccc(Cn2cccn2)cc1)C1COc2ccccc2C1. The van der Waals surface area contributed by atoms with E-state index in [1.807, 2.05) is 53.3 Å². The minimum atomic E-state index is -0.135. The third-order valence-electron chi connectivity index (χ3n) is 4.64. The first-order valence-corrected chi connectivity index (χ1v) is 8.81. The maximum absolute atomic E-state index is 12.5. The number of ether oxygens (including phenoxy) is 1. The van der Waals surface area contributed by atoms with Gasteiger partial charge >= 0.3 is 0 Å². The molecule has 2 aromatic carbocycles. The zero-order valence-electron chi connectivity index (χ0n) is 14.5. The van der Waals surface area contributed by atoms with Crippen molar-refractivity contribution in [2.45, 2.75) is 19.5 Å². The lowest BCUT2D eigenvalue weighted by Crippen LogP contribution is -2.37. The molecular weight excluding hydrogens is 326 g/mol. The number of carbonyl (C=O) groups excluding carboxylic acids is 1. The molecule has 0 aliphatic carbocycles. The number of rotatable bonds is 5. The average Bonchev–Trinajstić information content (AvgIpc) is 3.20. The van der Waals surface area contributed by atoms with Crippen LogP contribution in [0.5, 0.6) is 5.75 Å². The molecule has 0 spiro atoms. The molecule has 4 rings (SSSR count). The zero-order valence-corrected chi connectivity index (χ0v) is 14.5. The summed E-state index contributed by atoms with van der Waals surface area (Å²) in [5, 5.41) is 7.24. The molecule has 2 heterocycles. The van der Waals surface area contributed by atoms with Gasteiger partial charge in [-0.25, -0.2) is 0 Å². The number of amides is 1. The number of aromatic nitrogens is 2. The topological polar surface area (TPSA) is 56.2 Å². The molecule has 1 aliphatic heterocycles. The number of nitrogens with one attached hydrogen (secondary N) is 1. The second kappa shape index (κ2) is 7.44. The van der Waals surface area contributed by atoms with E-state index in [0.29, 0.717) is 13.2 Å². The van der Waals surface area contributed by atoms with Gasteiger partial charge in [-0.2, -0.15) is 5.10 Å². The van der Waals surface area contributed by atoms with Crippen LogP contribution >= 0.6 is 0 Å². The Balaban J connectivity index is 1.30. The highest BCUT2D eigenvalue weighted by atomic mass is 16.5. The minimum Gasteiger partial charge on any atom is -0.492 e. The molecule has 1 aliphatic rings. The van der Waals surface area contributed by atoms with Gasteiger partial charge in [0.05, 0.1) is 12.5 Å². The quantitative estimate of drug-likeness (QED) is 0.772. The van der Waals surface area contributed by atoms with Crippen LogP contribution in [0.15, 0.2) is 67.0 Å². The summed E-state index contributed by atoms with van der Waals surface area (Å²) in [6, 6.07) is 18.1. The van der Waals surface area contributed by atoms with Gasteiger partial charge in [-0.05, 0) is 35.2 Å². The molecule has 1 N–H and O–H groups in total. The first-order valence-electron chi connectivity index (χ1n) is 8.81. The Morgan fingerprint density at radius 2 is 1.92 bits per heavy atom. The number of fused-ring (bicyclic) bond motifs is 1. The largest absolute Gasteiger partial charge is 0.492 e. The van der Waals surface area contributed by atoms with Crippen molar-refractivity contribution in [3.8, 4) is 5.75 Å². The molecule has 5 nitrogen and oxygen atoms in total. The van der Waals surface area contributed by atoms with Crippen molar-refractivity contribution in [3.05, 3.63) is 83.7 Å². The van der Waals surface area contributed by atoms with E-state index < -0.39 is 0 Å². The first-order chi connectivity index (χ1) is 12.8. The molecule has 5 heteroatoms. The Bertz CT molecular complexity index is 873. The van der Waals surface area contributed by atoms with Gasteiger partial charge < -0.3 is 10.1 Å². The molecular formula is C21H21N3O2. The van der Waals surface area contributed by atoms with Crippen LogP contribution in [0.2, 0.25) is 0 Å². The highest BCUT2D eigenvalue weighted by molar-refractivity contribution is 5.79. The van der Waals surface area contributed by atoms with E-state index in [9.17, 15) is 4.79 Å². The molecule has 0 saturated heterocycles. The molecule has 0 saturated carbocycles. The van der Waals surface area contributed by atoms with E-state index in [1.165, 1.54) is 5.56 Å². The standard InChI is InChI=1S/C21H21N3O2/c25-21(19-12-18-4-1-2-5-20(18)26-15-19)22-13-16-6-8-17(9-7-16)14-24-11-3-10-23-24/h1-11,19H,12-15H2,(H,22,25). The first kappa shape index (κ1) is 16.4. The van der Waals surface area contributed by atoms with Gasteiger partial charge in [0, 0.05) is 18.9 Å². The van der Waals surface area contributed by atoms with E-state index in [4.69, 9.17) is 4.74 Å². The maximum atomic E-state index is 12.5. The summed E-state index contributed by atoms with van der Waals surface area (Å²) >= 11 is 0. The summed E-state index contributed by atoms with van der Waals surface area (Å²) in [5.74, 6) is 0.799. The summed E-state index contributed by atoms with van der Waals surface area (Å²) in [7, 11) is 0. The van der Waals surface area contributed by atoms with Crippen LogP contribution in [0.25, 0.3) is 0 Å². The molecule has 1 unspecified atom stereocenters. The van der Waals surface area contributed by atoms with E-state index in [0.717, 1.165) is 29.8 Å². The van der Waals surface area contributed by atoms with Gasteiger partial charge in [0.25, 0.3) is 0 Å². The summed E-state index contributed by atoms with van der Waals surface area (Å²) in [4.78, 5) is 12.5. The van der Waals surface area contributed by atoms with Crippen LogP contribution in [0.3, 0.4) is 0 Å². The zero-order chi connectivity index (χ0) is 17.8. The lowest BCUT2D eigenvalue weighted by Gasteiger charge is -2.24. The number of hydrogen-bond acceptors (Lipinski definition) is 3. The lowest BCUT2D eigenvalue weighted by molar-refractivity contribution is -0.126. The molecule has 26 heavy (non-hydrogen) atoms. The molecule has 3 aromatic rings. The van der Waals surface area contributed by atoms with Gasteiger partial charge in [-0.1, -0.05) is 42.5 Å². The van der Waals surface area contributed by atoms with Crippen LogP contribution in [0, 0.1) is 5.92 Å². The highest BCUT2D eigenvalue weighted by Crippen LogP contribution is 2.26. The summed E-state index contributed by atoms with van der Waals surface area (Å²) in [6.45, 7) is 1.71. The monoisotopic (exact) mass is 347 g/mol. The minimum absolute atomic E-state index is 0.0418. The third-order valence-corrected chi connectivity index (χ3v) is 4.64. The highest BCUT2D eigenvalue weighted by Gasteiger charge is 2.25. The molecule has 1 aromatic heterocycles. The van der Waals surface area contributed by atoms with E-state index in [2.05, 4.69) is 22.5 Å². The maximum Gasteiger partial charge on any atom is 0.227 e. The smallest absolute Gasteiger partial charge is 0.227 e. The van der Waals surface area contributed by atoms with Crippen LogP contribution in [0.1, 0.15) is 16.7 Å². The second-order valence-corrected chi connectivity index (χ2v) is 6.56. The fourth-order valence-electron chi connectivity index (χ4n) is 3.17. The van der Waals surface area contributed by atoms with Crippen molar-refractivity contribution in [1.82, 2.24) is 15.1 Å². The van der Waals surface area contributed by atoms with E-state index in [-0.39, 0.29) is 11.8 Å². The summed E-state index contributed by atoms with van der Waals surface area (Å²) in [6.07, 6.45) is 4.45. The third kappa shape index (κ3) is 3.77. The predicted octanol–water partition coefficient (Wildman–Crippen LogP) is 2.80. The van der Waals surface area contributed by atoms with Crippen molar-refractivity contribution >= 4 is 5.91 Å². The van der Waals surface area contributed by atoms with Gasteiger partial charge in [0.15, 0.2) is 0 Å². The molecule has 1 amide bonds. The van der Waals surface area contributed by atoms with Gasteiger partial charge in [0.2, 0.25) is 5.91 Å². The summed E-state index contributed by atoms with van der Waals surface area (Å²) < 4.78 is 7.59. The van der Waals surface area contributed by atoms with Crippen LogP contribution in [-0.4, -0.2) is 22.3 Å². The average molecular weight is 347 g/mol. The van der Waals surface area contributed by atoms with E-state index >= 15 is 0 Å². The van der Waals surface area contributed by atoms with Crippen LogP contribution in [-0.2, 0) is 24.3 Å². The normalized spacial score (nSPS) is 15.8. The molecule has 0 bridgehead atoms. The Morgan fingerprint density at radius 3 is 2.73 bits per heavy atom. The molecule has 0 fully saturated rings. The Labute approximate surface area is 152 Å². The predicted molar refractivity (Wildman–Crippen MR) is 98.7 cm³/mol. The number of benzene rings is 2. The van der Waals surface area contributed by atoms with Crippen LogP contribution in [0.4, 0.5) is 0 Å². The van der Waals surface area contributed by atoms with E-state index in [1.54, 1.807) is 6.20 Å². The van der Waals surface area contributed by atoms with Crippen molar-refractivity contribution < 1.29 is 9.53 Å². The number of hydrogen-bond donors (Lipinski definition) is 1. The van der Waals surface area contributed by atoms with Gasteiger partial charge in [0.1, 0.15) is 12.4 Å². The Hall–Kier alpha value is -3.08. The number of carbonyl (C=O) groups is 1. The lowest BCUT2D eigenvalue weighted by atomic mass is 9.96. The van der Waals surface area contributed by atoms with Crippen molar-refractivity contribution in [2.24, 2.45) is 5.92 Å². The number of nitrogens with zero attached hydrogens (tertiary/aromatic N) is 2. The Morgan fingerprint density at radius 1 is 1.12 bits per heavy atom. The molecule has 0 radical (unpaired) electrons. The van der Waals surface area contributed by atoms with Crippen molar-refractivity contribution in [2.75, 3.05) is 6.61 Å².